The van der Waals surface area contributed by atoms with Gasteiger partial charge in [-0.2, -0.15) is 0 Å². The predicted octanol–water partition coefficient (Wildman–Crippen LogP) is 2.89. The predicted molar refractivity (Wildman–Crippen MR) is 70.8 cm³/mol. The summed E-state index contributed by atoms with van der Waals surface area (Å²) in [6, 6.07) is 11.3. The number of rotatable bonds is 3. The lowest BCUT2D eigenvalue weighted by Gasteiger charge is -2.33. The molecule has 4 atom stereocenters. The maximum Gasteiger partial charge on any atom is 0.0580 e. The molecule has 1 aliphatic carbocycles. The van der Waals surface area contributed by atoms with Crippen LogP contribution in [0.25, 0.3) is 0 Å². The number of hydrogen-bond acceptors (Lipinski definition) is 2. The third-order valence-electron chi connectivity index (χ3n) is 3.94. The lowest BCUT2D eigenvalue weighted by atomic mass is 9.84. The van der Waals surface area contributed by atoms with Crippen LogP contribution in [0, 0.1) is 5.92 Å². The van der Waals surface area contributed by atoms with Crippen molar-refractivity contribution in [2.75, 3.05) is 0 Å². The van der Waals surface area contributed by atoms with E-state index in [-0.39, 0.29) is 6.10 Å². The number of benzene rings is 1. The van der Waals surface area contributed by atoms with E-state index in [1.807, 2.05) is 6.07 Å². The highest BCUT2D eigenvalue weighted by atomic mass is 16.3. The van der Waals surface area contributed by atoms with Crippen molar-refractivity contribution in [1.29, 1.82) is 0 Å². The Labute approximate surface area is 104 Å². The summed E-state index contributed by atoms with van der Waals surface area (Å²) in [6.45, 7) is 4.33. The Morgan fingerprint density at radius 2 is 1.94 bits per heavy atom. The quantitative estimate of drug-likeness (QED) is 0.841. The van der Waals surface area contributed by atoms with Gasteiger partial charge in [0.05, 0.1) is 6.10 Å². The van der Waals surface area contributed by atoms with Gasteiger partial charge in [-0.15, -0.1) is 0 Å². The first-order chi connectivity index (χ1) is 8.16. The van der Waals surface area contributed by atoms with E-state index < -0.39 is 0 Å². The van der Waals surface area contributed by atoms with Crippen molar-refractivity contribution >= 4 is 0 Å². The van der Waals surface area contributed by atoms with Crippen LogP contribution in [0.1, 0.15) is 44.7 Å². The fourth-order valence-corrected chi connectivity index (χ4v) is 2.64. The Balaban J connectivity index is 1.89. The van der Waals surface area contributed by atoms with Gasteiger partial charge in [0.15, 0.2) is 0 Å². The molecular weight excluding hydrogens is 210 g/mol. The summed E-state index contributed by atoms with van der Waals surface area (Å²) in [5.74, 6) is 0.458. The Bertz CT molecular complexity index is 338. The minimum atomic E-state index is -0.135. The van der Waals surface area contributed by atoms with Gasteiger partial charge in [0.2, 0.25) is 0 Å². The van der Waals surface area contributed by atoms with E-state index in [2.05, 4.69) is 43.4 Å². The lowest BCUT2D eigenvalue weighted by molar-refractivity contribution is 0.0614. The van der Waals surface area contributed by atoms with Crippen molar-refractivity contribution in [3.05, 3.63) is 35.9 Å². The van der Waals surface area contributed by atoms with Gasteiger partial charge in [0.25, 0.3) is 0 Å². The third-order valence-corrected chi connectivity index (χ3v) is 3.94. The monoisotopic (exact) mass is 233 g/mol. The van der Waals surface area contributed by atoms with Crippen LogP contribution in [0.5, 0.6) is 0 Å². The third kappa shape index (κ3) is 3.30. The average Bonchev–Trinajstić information content (AvgIpc) is 2.35. The van der Waals surface area contributed by atoms with E-state index in [0.29, 0.717) is 18.0 Å². The van der Waals surface area contributed by atoms with E-state index in [0.717, 1.165) is 12.8 Å². The molecule has 0 amide bonds. The lowest BCUT2D eigenvalue weighted by Crippen LogP contribution is -2.40. The maximum absolute atomic E-state index is 9.89. The summed E-state index contributed by atoms with van der Waals surface area (Å²) < 4.78 is 0. The molecule has 0 aromatic heterocycles. The molecule has 0 bridgehead atoms. The molecule has 2 nitrogen and oxygen atoms in total. The standard InChI is InChI=1S/C15H23NO/c1-11-8-9-14(10-15(11)17)16-12(2)13-6-4-3-5-7-13/h3-7,11-12,14-17H,8-10H2,1-2H3/t11-,12+,14?,15?/m1/s1. The zero-order valence-corrected chi connectivity index (χ0v) is 10.8. The average molecular weight is 233 g/mol. The van der Waals surface area contributed by atoms with E-state index in [4.69, 9.17) is 0 Å². The molecule has 0 spiro atoms. The normalized spacial score (nSPS) is 31.1. The first kappa shape index (κ1) is 12.6. The van der Waals surface area contributed by atoms with Gasteiger partial charge in [-0.25, -0.2) is 0 Å². The van der Waals surface area contributed by atoms with Crippen molar-refractivity contribution in [3.8, 4) is 0 Å². The molecule has 2 unspecified atom stereocenters. The van der Waals surface area contributed by atoms with E-state index in [1.54, 1.807) is 0 Å². The van der Waals surface area contributed by atoms with E-state index in [1.165, 1.54) is 12.0 Å². The van der Waals surface area contributed by atoms with Gasteiger partial charge < -0.3 is 10.4 Å². The highest BCUT2D eigenvalue weighted by Gasteiger charge is 2.26. The molecule has 1 aromatic rings. The molecule has 1 aliphatic rings. The van der Waals surface area contributed by atoms with Crippen LogP contribution in [0.4, 0.5) is 0 Å². The summed E-state index contributed by atoms with van der Waals surface area (Å²) in [7, 11) is 0. The summed E-state index contributed by atoms with van der Waals surface area (Å²) in [4.78, 5) is 0. The molecule has 0 saturated heterocycles. The first-order valence-corrected chi connectivity index (χ1v) is 6.66. The molecule has 1 saturated carbocycles. The fourth-order valence-electron chi connectivity index (χ4n) is 2.64. The van der Waals surface area contributed by atoms with Gasteiger partial charge in [-0.05, 0) is 37.7 Å². The summed E-state index contributed by atoms with van der Waals surface area (Å²) in [6.07, 6.45) is 3.05. The molecule has 1 aromatic carbocycles. The molecular formula is C15H23NO. The molecule has 2 rings (SSSR count). The minimum Gasteiger partial charge on any atom is -0.393 e. The molecule has 0 heterocycles. The van der Waals surface area contributed by atoms with E-state index >= 15 is 0 Å². The molecule has 0 aliphatic heterocycles. The van der Waals surface area contributed by atoms with Crippen molar-refractivity contribution < 1.29 is 5.11 Å². The zero-order chi connectivity index (χ0) is 12.3. The number of nitrogens with one attached hydrogen (secondary N) is 1. The maximum atomic E-state index is 9.89. The summed E-state index contributed by atoms with van der Waals surface area (Å²) >= 11 is 0. The molecule has 94 valence electrons. The Morgan fingerprint density at radius 1 is 1.24 bits per heavy atom. The zero-order valence-electron chi connectivity index (χ0n) is 10.8. The second-order valence-corrected chi connectivity index (χ2v) is 5.35. The molecule has 17 heavy (non-hydrogen) atoms. The highest BCUT2D eigenvalue weighted by molar-refractivity contribution is 5.18. The number of aliphatic hydroxyl groups excluding tert-OH is 1. The summed E-state index contributed by atoms with van der Waals surface area (Å²) in [5, 5.41) is 13.5. The number of aliphatic hydroxyl groups is 1. The first-order valence-electron chi connectivity index (χ1n) is 6.66. The van der Waals surface area contributed by atoms with Gasteiger partial charge in [0.1, 0.15) is 0 Å². The second-order valence-electron chi connectivity index (χ2n) is 5.35. The Morgan fingerprint density at radius 3 is 2.59 bits per heavy atom. The second kappa shape index (κ2) is 5.65. The number of hydrogen-bond donors (Lipinski definition) is 2. The Kier molecular flexibility index (Phi) is 4.19. The van der Waals surface area contributed by atoms with Crippen LogP contribution in [0.2, 0.25) is 0 Å². The van der Waals surface area contributed by atoms with Gasteiger partial charge in [0, 0.05) is 12.1 Å². The van der Waals surface area contributed by atoms with Crippen LogP contribution in [0.3, 0.4) is 0 Å². The molecule has 2 heteroatoms. The molecule has 0 radical (unpaired) electrons. The summed E-state index contributed by atoms with van der Waals surface area (Å²) in [5.41, 5.74) is 1.32. The van der Waals surface area contributed by atoms with Crippen LogP contribution in [-0.2, 0) is 0 Å². The largest absolute Gasteiger partial charge is 0.393 e. The SMILES string of the molecule is C[C@H](NC1CC[C@@H](C)C(O)C1)c1ccccc1. The van der Waals surface area contributed by atoms with Gasteiger partial charge in [-0.1, -0.05) is 37.3 Å². The van der Waals surface area contributed by atoms with Crippen molar-refractivity contribution in [1.82, 2.24) is 5.32 Å². The van der Waals surface area contributed by atoms with Crippen molar-refractivity contribution in [2.45, 2.75) is 51.3 Å². The highest BCUT2D eigenvalue weighted by Crippen LogP contribution is 2.26. The van der Waals surface area contributed by atoms with Crippen LogP contribution in [-0.4, -0.2) is 17.3 Å². The molecule has 1 fully saturated rings. The fraction of sp³-hybridized carbons (Fsp3) is 0.600. The van der Waals surface area contributed by atoms with Crippen LogP contribution < -0.4 is 5.32 Å². The molecule has 2 N–H and O–H groups in total. The van der Waals surface area contributed by atoms with Gasteiger partial charge in [-0.3, -0.25) is 0 Å². The smallest absolute Gasteiger partial charge is 0.0580 e. The topological polar surface area (TPSA) is 32.3 Å². The van der Waals surface area contributed by atoms with Crippen LogP contribution >= 0.6 is 0 Å². The van der Waals surface area contributed by atoms with Crippen LogP contribution in [0.15, 0.2) is 30.3 Å². The van der Waals surface area contributed by atoms with Crippen molar-refractivity contribution in [3.63, 3.8) is 0 Å². The minimum absolute atomic E-state index is 0.135. The Hall–Kier alpha value is -0.860. The van der Waals surface area contributed by atoms with Crippen molar-refractivity contribution in [2.24, 2.45) is 5.92 Å². The van der Waals surface area contributed by atoms with E-state index in [9.17, 15) is 5.11 Å². The van der Waals surface area contributed by atoms with Gasteiger partial charge >= 0.3 is 0 Å².